The molecule has 1 saturated heterocycles. The maximum absolute atomic E-state index is 11.7. The number of methoxy groups -OCH3 is 1. The Labute approximate surface area is 156 Å². The first-order valence-corrected chi connectivity index (χ1v) is 9.75. The highest BCUT2D eigenvalue weighted by Gasteiger charge is 2.31. The molecule has 1 aliphatic heterocycles. The third-order valence-corrected chi connectivity index (χ3v) is 5.38. The number of hydrogen-bond donors (Lipinski definition) is 1. The van der Waals surface area contributed by atoms with Crippen molar-refractivity contribution in [3.8, 4) is 0 Å². The molecule has 1 aromatic carbocycles. The summed E-state index contributed by atoms with van der Waals surface area (Å²) in [4.78, 5) is 16.6. The molecule has 0 unspecified atom stereocenters. The van der Waals surface area contributed by atoms with Crippen molar-refractivity contribution in [3.05, 3.63) is 29.8 Å². The minimum absolute atomic E-state index is 0.287. The second-order valence-corrected chi connectivity index (χ2v) is 8.45. The van der Waals surface area contributed by atoms with E-state index in [4.69, 9.17) is 4.74 Å². The van der Waals surface area contributed by atoms with Gasteiger partial charge >= 0.3 is 5.97 Å². The summed E-state index contributed by atoms with van der Waals surface area (Å²) in [5, 5.41) is 10.1. The number of carbonyl (C=O) groups is 1. The van der Waals surface area contributed by atoms with E-state index in [1.54, 1.807) is 0 Å². The number of benzene rings is 1. The Hall–Kier alpha value is -1.59. The summed E-state index contributed by atoms with van der Waals surface area (Å²) in [5.41, 5.74) is 1.16. The predicted octanol–water partition coefficient (Wildman–Crippen LogP) is 2.92. The van der Waals surface area contributed by atoms with Gasteiger partial charge < -0.3 is 19.6 Å². The van der Waals surface area contributed by atoms with E-state index in [9.17, 15) is 9.90 Å². The highest BCUT2D eigenvalue weighted by atomic mass is 16.5. The molecular weight excluding hydrogens is 328 g/mol. The van der Waals surface area contributed by atoms with Gasteiger partial charge in [-0.1, -0.05) is 0 Å². The topological polar surface area (TPSA) is 53.0 Å². The van der Waals surface area contributed by atoms with Crippen molar-refractivity contribution in [2.45, 2.75) is 51.2 Å². The molecule has 1 aromatic rings. The fourth-order valence-corrected chi connectivity index (χ4v) is 3.89. The molecule has 1 saturated carbocycles. The number of hydrogen-bond acceptors (Lipinski definition) is 5. The zero-order valence-electron chi connectivity index (χ0n) is 16.3. The number of anilines is 1. The molecule has 26 heavy (non-hydrogen) atoms. The SMILES string of the molecule is COC(=O)c1ccc(N(CC2CC2)C2CCN(CC(C)(C)O)CC2)cc1. The van der Waals surface area contributed by atoms with E-state index in [0.29, 0.717) is 11.6 Å². The summed E-state index contributed by atoms with van der Waals surface area (Å²) < 4.78 is 4.80. The van der Waals surface area contributed by atoms with E-state index in [1.165, 1.54) is 25.6 Å². The molecule has 0 aromatic heterocycles. The van der Waals surface area contributed by atoms with E-state index in [2.05, 4.69) is 21.9 Å². The van der Waals surface area contributed by atoms with Gasteiger partial charge in [0.2, 0.25) is 0 Å². The predicted molar refractivity (Wildman–Crippen MR) is 104 cm³/mol. The summed E-state index contributed by atoms with van der Waals surface area (Å²) in [7, 11) is 1.41. The van der Waals surface area contributed by atoms with Gasteiger partial charge in [0, 0.05) is 37.9 Å². The average molecular weight is 360 g/mol. The molecule has 5 nitrogen and oxygen atoms in total. The lowest BCUT2D eigenvalue weighted by Crippen LogP contribution is -2.49. The molecule has 144 valence electrons. The molecule has 1 N–H and O–H groups in total. The third kappa shape index (κ3) is 5.21. The number of aliphatic hydroxyl groups is 1. The normalized spacial score (nSPS) is 19.4. The summed E-state index contributed by atoms with van der Waals surface area (Å²) in [6.45, 7) is 7.64. The van der Waals surface area contributed by atoms with Gasteiger partial charge in [-0.25, -0.2) is 4.79 Å². The first-order chi connectivity index (χ1) is 12.4. The van der Waals surface area contributed by atoms with Gasteiger partial charge in [0.15, 0.2) is 0 Å². The largest absolute Gasteiger partial charge is 0.465 e. The van der Waals surface area contributed by atoms with E-state index in [1.807, 2.05) is 26.0 Å². The van der Waals surface area contributed by atoms with Crippen molar-refractivity contribution in [2.24, 2.45) is 5.92 Å². The van der Waals surface area contributed by atoms with Crippen LogP contribution in [-0.4, -0.2) is 60.9 Å². The number of β-amino-alcohol motifs (C(OH)–C–C–N with tert-alkyl or cyclic N) is 1. The van der Waals surface area contributed by atoms with Gasteiger partial charge in [0.25, 0.3) is 0 Å². The van der Waals surface area contributed by atoms with Crippen LogP contribution in [0.25, 0.3) is 0 Å². The van der Waals surface area contributed by atoms with Crippen LogP contribution in [0.4, 0.5) is 5.69 Å². The van der Waals surface area contributed by atoms with Crippen molar-refractivity contribution in [1.82, 2.24) is 4.90 Å². The van der Waals surface area contributed by atoms with Crippen LogP contribution in [0.5, 0.6) is 0 Å². The Bertz CT molecular complexity index is 597. The zero-order chi connectivity index (χ0) is 18.7. The van der Waals surface area contributed by atoms with Crippen molar-refractivity contribution in [2.75, 3.05) is 38.2 Å². The number of rotatable bonds is 7. The first-order valence-electron chi connectivity index (χ1n) is 9.75. The fourth-order valence-electron chi connectivity index (χ4n) is 3.89. The van der Waals surface area contributed by atoms with Crippen molar-refractivity contribution in [1.29, 1.82) is 0 Å². The molecule has 0 radical (unpaired) electrons. The van der Waals surface area contributed by atoms with Crippen molar-refractivity contribution in [3.63, 3.8) is 0 Å². The van der Waals surface area contributed by atoms with E-state index >= 15 is 0 Å². The maximum atomic E-state index is 11.7. The molecular formula is C21H32N2O3. The van der Waals surface area contributed by atoms with Gasteiger partial charge in [-0.3, -0.25) is 0 Å². The molecule has 0 spiro atoms. The molecule has 3 rings (SSSR count). The van der Waals surface area contributed by atoms with Gasteiger partial charge in [0.1, 0.15) is 0 Å². The highest BCUT2D eigenvalue weighted by molar-refractivity contribution is 5.89. The smallest absolute Gasteiger partial charge is 0.337 e. The highest BCUT2D eigenvalue weighted by Crippen LogP contribution is 2.34. The maximum Gasteiger partial charge on any atom is 0.337 e. The summed E-state index contributed by atoms with van der Waals surface area (Å²) >= 11 is 0. The number of esters is 1. The third-order valence-electron chi connectivity index (χ3n) is 5.38. The lowest BCUT2D eigenvalue weighted by molar-refractivity contribution is 0.0280. The minimum atomic E-state index is -0.635. The monoisotopic (exact) mass is 360 g/mol. The molecule has 0 bridgehead atoms. The summed E-state index contributed by atoms with van der Waals surface area (Å²) in [6, 6.07) is 8.36. The second kappa shape index (κ2) is 7.97. The Morgan fingerprint density at radius 3 is 2.31 bits per heavy atom. The number of carbonyl (C=O) groups excluding carboxylic acids is 1. The van der Waals surface area contributed by atoms with Crippen LogP contribution in [0.2, 0.25) is 0 Å². The standard InChI is InChI=1S/C21H32N2O3/c1-21(2,25)15-22-12-10-19(11-13-22)23(14-16-4-5-16)18-8-6-17(7-9-18)20(24)26-3/h6-9,16,19,25H,4-5,10-15H2,1-3H3. The van der Waals surface area contributed by atoms with Gasteiger partial charge in [-0.15, -0.1) is 0 Å². The Kier molecular flexibility index (Phi) is 5.88. The number of likely N-dealkylation sites (tertiary alicyclic amines) is 1. The van der Waals surface area contributed by atoms with Crippen molar-refractivity contribution >= 4 is 11.7 Å². The molecule has 1 heterocycles. The number of piperidine rings is 1. The van der Waals surface area contributed by atoms with Crippen LogP contribution in [0, 0.1) is 5.92 Å². The van der Waals surface area contributed by atoms with E-state index in [-0.39, 0.29) is 5.97 Å². The van der Waals surface area contributed by atoms with Crippen LogP contribution in [-0.2, 0) is 4.74 Å². The van der Waals surface area contributed by atoms with Gasteiger partial charge in [-0.2, -0.15) is 0 Å². The van der Waals surface area contributed by atoms with Crippen LogP contribution in [0.1, 0.15) is 49.9 Å². The lowest BCUT2D eigenvalue weighted by atomic mass is 9.99. The number of nitrogens with zero attached hydrogens (tertiary/aromatic N) is 2. The summed E-state index contributed by atoms with van der Waals surface area (Å²) in [6.07, 6.45) is 4.88. The molecule has 1 aliphatic carbocycles. The zero-order valence-corrected chi connectivity index (χ0v) is 16.3. The lowest BCUT2D eigenvalue weighted by Gasteiger charge is -2.41. The Morgan fingerprint density at radius 1 is 1.19 bits per heavy atom. The van der Waals surface area contributed by atoms with E-state index in [0.717, 1.165) is 44.9 Å². The second-order valence-electron chi connectivity index (χ2n) is 8.45. The van der Waals surface area contributed by atoms with Crippen LogP contribution >= 0.6 is 0 Å². The molecule has 5 heteroatoms. The first kappa shape index (κ1) is 19.2. The fraction of sp³-hybridized carbons (Fsp3) is 0.667. The van der Waals surface area contributed by atoms with E-state index < -0.39 is 5.60 Å². The van der Waals surface area contributed by atoms with Crippen molar-refractivity contribution < 1.29 is 14.6 Å². The molecule has 0 atom stereocenters. The summed E-state index contributed by atoms with van der Waals surface area (Å²) in [5.74, 6) is 0.523. The molecule has 0 amide bonds. The van der Waals surface area contributed by atoms with Crippen LogP contribution in [0.15, 0.2) is 24.3 Å². The molecule has 2 aliphatic rings. The Morgan fingerprint density at radius 2 is 1.81 bits per heavy atom. The Balaban J connectivity index is 1.66. The average Bonchev–Trinajstić information content (AvgIpc) is 3.43. The number of ether oxygens (including phenoxy) is 1. The minimum Gasteiger partial charge on any atom is -0.465 e. The quantitative estimate of drug-likeness (QED) is 0.758. The van der Waals surface area contributed by atoms with Crippen LogP contribution < -0.4 is 4.90 Å². The molecule has 2 fully saturated rings. The van der Waals surface area contributed by atoms with Crippen LogP contribution in [0.3, 0.4) is 0 Å². The van der Waals surface area contributed by atoms with Gasteiger partial charge in [-0.05, 0) is 69.7 Å². The van der Waals surface area contributed by atoms with Gasteiger partial charge in [0.05, 0.1) is 18.3 Å².